The van der Waals surface area contributed by atoms with Crippen LogP contribution in [0, 0.1) is 10.1 Å². The van der Waals surface area contributed by atoms with Gasteiger partial charge in [0.05, 0.1) is 4.92 Å². The zero-order valence-electron chi connectivity index (χ0n) is 13.3. The van der Waals surface area contributed by atoms with E-state index in [-0.39, 0.29) is 10.6 Å². The zero-order chi connectivity index (χ0) is 17.1. The lowest BCUT2D eigenvalue weighted by molar-refractivity contribution is -0.384. The Labute approximate surface area is 149 Å². The van der Waals surface area contributed by atoms with Crippen LogP contribution in [0.15, 0.2) is 18.2 Å². The van der Waals surface area contributed by atoms with E-state index in [4.69, 9.17) is 11.6 Å². The number of nitrogens with zero attached hydrogens (tertiary/aromatic N) is 5. The van der Waals surface area contributed by atoms with Gasteiger partial charge in [0, 0.05) is 55.2 Å². The number of halogens is 1. The Balaban J connectivity index is 1.77. The van der Waals surface area contributed by atoms with Crippen molar-refractivity contribution >= 4 is 39.6 Å². The molecule has 2 aromatic rings. The lowest BCUT2D eigenvalue weighted by Gasteiger charge is -2.23. The molecule has 1 saturated heterocycles. The molecular formula is C15H18ClN5O2S. The first-order valence-electron chi connectivity index (χ1n) is 7.85. The van der Waals surface area contributed by atoms with Crippen molar-refractivity contribution in [3.63, 3.8) is 0 Å². The zero-order valence-corrected chi connectivity index (χ0v) is 14.9. The van der Waals surface area contributed by atoms with Crippen LogP contribution in [0.5, 0.6) is 0 Å². The minimum absolute atomic E-state index is 0.0557. The molecule has 1 aromatic heterocycles. The minimum Gasteiger partial charge on any atom is -0.364 e. The number of hydrogen-bond acceptors (Lipinski definition) is 7. The maximum Gasteiger partial charge on any atom is 0.294 e. The number of nitro benzene ring substituents is 1. The second-order valence-corrected chi connectivity index (χ2v) is 6.73. The maximum atomic E-state index is 11.3. The van der Waals surface area contributed by atoms with Crippen molar-refractivity contribution in [1.82, 2.24) is 9.36 Å². The van der Waals surface area contributed by atoms with Crippen molar-refractivity contribution in [1.29, 1.82) is 0 Å². The fraction of sp³-hybridized carbons (Fsp3) is 0.467. The molecule has 0 N–H and O–H groups in total. The summed E-state index contributed by atoms with van der Waals surface area (Å²) in [7, 11) is 0. The van der Waals surface area contributed by atoms with Crippen LogP contribution in [0.2, 0.25) is 5.02 Å². The first-order chi connectivity index (χ1) is 11.6. The molecule has 0 unspecified atom stereocenters. The molecule has 0 radical (unpaired) electrons. The number of aryl methyl sites for hydroxylation is 1. The molecule has 1 fully saturated rings. The summed E-state index contributed by atoms with van der Waals surface area (Å²) in [5, 5.41) is 12.6. The lowest BCUT2D eigenvalue weighted by atomic mass is 10.2. The van der Waals surface area contributed by atoms with Gasteiger partial charge in [-0.1, -0.05) is 18.5 Å². The molecule has 0 spiro atoms. The predicted molar refractivity (Wildman–Crippen MR) is 96.4 cm³/mol. The Bertz CT molecular complexity index is 738. The molecule has 3 rings (SSSR count). The van der Waals surface area contributed by atoms with Crippen molar-refractivity contribution in [2.24, 2.45) is 0 Å². The van der Waals surface area contributed by atoms with Crippen LogP contribution in [0.3, 0.4) is 0 Å². The number of nitro groups is 1. The summed E-state index contributed by atoms with van der Waals surface area (Å²) in [6.45, 7) is 5.13. The minimum atomic E-state index is -0.373. The van der Waals surface area contributed by atoms with E-state index in [1.807, 2.05) is 6.92 Å². The number of hydrogen-bond donors (Lipinski definition) is 0. The Morgan fingerprint density at radius 2 is 2.04 bits per heavy atom. The highest BCUT2D eigenvalue weighted by Crippen LogP contribution is 2.32. The molecule has 128 valence electrons. The highest BCUT2D eigenvalue weighted by Gasteiger charge is 2.23. The molecule has 0 atom stereocenters. The molecule has 2 heterocycles. The van der Waals surface area contributed by atoms with Crippen LogP contribution >= 0.6 is 23.1 Å². The van der Waals surface area contributed by atoms with Crippen LogP contribution in [0.1, 0.15) is 19.2 Å². The normalized spacial score (nSPS) is 15.4. The topological polar surface area (TPSA) is 75.4 Å². The highest BCUT2D eigenvalue weighted by molar-refractivity contribution is 7.09. The Kier molecular flexibility index (Phi) is 5.15. The predicted octanol–water partition coefficient (Wildman–Crippen LogP) is 3.38. The fourth-order valence-corrected chi connectivity index (χ4v) is 3.74. The lowest BCUT2D eigenvalue weighted by Crippen LogP contribution is -2.31. The molecule has 0 saturated carbocycles. The van der Waals surface area contributed by atoms with E-state index >= 15 is 0 Å². The first kappa shape index (κ1) is 16.9. The van der Waals surface area contributed by atoms with Crippen molar-refractivity contribution in [2.75, 3.05) is 36.0 Å². The van der Waals surface area contributed by atoms with Gasteiger partial charge in [0.2, 0.25) is 5.13 Å². The number of aromatic nitrogens is 2. The van der Waals surface area contributed by atoms with E-state index in [0.29, 0.717) is 17.3 Å². The number of benzene rings is 1. The molecule has 7 nitrogen and oxygen atoms in total. The van der Waals surface area contributed by atoms with E-state index in [1.54, 1.807) is 12.1 Å². The first-order valence-corrected chi connectivity index (χ1v) is 9.00. The van der Waals surface area contributed by atoms with E-state index in [2.05, 4.69) is 19.2 Å². The molecule has 0 amide bonds. The van der Waals surface area contributed by atoms with Crippen molar-refractivity contribution in [3.8, 4) is 0 Å². The van der Waals surface area contributed by atoms with Gasteiger partial charge in [0.25, 0.3) is 5.69 Å². The molecule has 0 aliphatic carbocycles. The largest absolute Gasteiger partial charge is 0.364 e. The van der Waals surface area contributed by atoms with E-state index in [0.717, 1.165) is 43.4 Å². The van der Waals surface area contributed by atoms with Crippen LogP contribution in [0.4, 0.5) is 16.5 Å². The van der Waals surface area contributed by atoms with Crippen LogP contribution in [0.25, 0.3) is 0 Å². The molecular weight excluding hydrogens is 350 g/mol. The Morgan fingerprint density at radius 3 is 2.75 bits per heavy atom. The van der Waals surface area contributed by atoms with Crippen molar-refractivity contribution < 1.29 is 4.92 Å². The van der Waals surface area contributed by atoms with Gasteiger partial charge < -0.3 is 9.80 Å². The Hall–Kier alpha value is -1.93. The summed E-state index contributed by atoms with van der Waals surface area (Å²) in [4.78, 5) is 19.7. The average molecular weight is 368 g/mol. The highest BCUT2D eigenvalue weighted by atomic mass is 35.5. The molecule has 24 heavy (non-hydrogen) atoms. The van der Waals surface area contributed by atoms with Crippen LogP contribution < -0.4 is 9.80 Å². The summed E-state index contributed by atoms with van der Waals surface area (Å²) >= 11 is 7.32. The SMILES string of the molecule is CCc1nsc(N2CCCN(c3ccc(Cl)cc3[N+](=O)[O-])CC2)n1. The summed E-state index contributed by atoms with van der Waals surface area (Å²) < 4.78 is 4.34. The van der Waals surface area contributed by atoms with Gasteiger partial charge in [-0.05, 0) is 18.6 Å². The molecule has 1 aromatic carbocycles. The number of rotatable bonds is 4. The summed E-state index contributed by atoms with van der Waals surface area (Å²) in [5.41, 5.74) is 0.679. The van der Waals surface area contributed by atoms with E-state index < -0.39 is 0 Å². The van der Waals surface area contributed by atoms with Gasteiger partial charge in [0.15, 0.2) is 0 Å². The van der Waals surface area contributed by atoms with Crippen molar-refractivity contribution in [2.45, 2.75) is 19.8 Å². The van der Waals surface area contributed by atoms with Gasteiger partial charge in [-0.25, -0.2) is 4.98 Å². The van der Waals surface area contributed by atoms with Gasteiger partial charge in [0.1, 0.15) is 11.5 Å². The molecule has 1 aliphatic heterocycles. The van der Waals surface area contributed by atoms with Crippen LogP contribution in [-0.2, 0) is 6.42 Å². The van der Waals surface area contributed by atoms with Gasteiger partial charge in [-0.2, -0.15) is 4.37 Å². The monoisotopic (exact) mass is 367 g/mol. The smallest absolute Gasteiger partial charge is 0.294 e. The average Bonchev–Trinajstić information content (AvgIpc) is 2.92. The van der Waals surface area contributed by atoms with Crippen LogP contribution in [-0.4, -0.2) is 40.5 Å². The quantitative estimate of drug-likeness (QED) is 0.609. The third kappa shape index (κ3) is 3.59. The fourth-order valence-electron chi connectivity index (χ4n) is 2.78. The maximum absolute atomic E-state index is 11.3. The van der Waals surface area contributed by atoms with Gasteiger partial charge >= 0.3 is 0 Å². The summed E-state index contributed by atoms with van der Waals surface area (Å²) in [5.74, 6) is 0.865. The number of anilines is 2. The summed E-state index contributed by atoms with van der Waals surface area (Å²) in [6.07, 6.45) is 1.73. The third-order valence-corrected chi connectivity index (χ3v) is 5.06. The molecule has 1 aliphatic rings. The molecule has 9 heteroatoms. The van der Waals surface area contributed by atoms with Gasteiger partial charge in [-0.3, -0.25) is 10.1 Å². The van der Waals surface area contributed by atoms with Gasteiger partial charge in [-0.15, -0.1) is 0 Å². The Morgan fingerprint density at radius 1 is 1.29 bits per heavy atom. The van der Waals surface area contributed by atoms with E-state index in [1.165, 1.54) is 17.6 Å². The standard InChI is InChI=1S/C15H18ClN5O2S/c1-2-14-17-15(24-18-14)20-7-3-6-19(8-9-20)12-5-4-11(16)10-13(12)21(22)23/h4-5,10H,2-3,6-9H2,1H3. The van der Waals surface area contributed by atoms with E-state index in [9.17, 15) is 10.1 Å². The third-order valence-electron chi connectivity index (χ3n) is 4.01. The second kappa shape index (κ2) is 7.31. The molecule has 0 bridgehead atoms. The second-order valence-electron chi connectivity index (χ2n) is 5.56. The van der Waals surface area contributed by atoms with Crippen molar-refractivity contribution in [3.05, 3.63) is 39.2 Å². The summed E-state index contributed by atoms with van der Waals surface area (Å²) in [6, 6.07) is 4.85.